The van der Waals surface area contributed by atoms with Crippen LogP contribution in [-0.2, 0) is 0 Å². The summed E-state index contributed by atoms with van der Waals surface area (Å²) < 4.78 is 0. The molecular formula is C29H25ClN4OS. The first-order valence-electron chi connectivity index (χ1n) is 11.8. The van der Waals surface area contributed by atoms with Crippen molar-refractivity contribution in [2.75, 3.05) is 5.32 Å². The van der Waals surface area contributed by atoms with Crippen LogP contribution in [0.1, 0.15) is 40.9 Å². The predicted octanol–water partition coefficient (Wildman–Crippen LogP) is 8.16. The third-order valence-corrected chi connectivity index (χ3v) is 7.58. The summed E-state index contributed by atoms with van der Waals surface area (Å²) in [4.78, 5) is 18.7. The third kappa shape index (κ3) is 5.15. The van der Waals surface area contributed by atoms with E-state index in [0.717, 1.165) is 45.5 Å². The van der Waals surface area contributed by atoms with Crippen LogP contribution in [0, 0.1) is 0 Å². The number of hydrogen-bond donors (Lipinski definition) is 2. The number of aromatic nitrogens is 3. The fraction of sp³-hybridized carbons (Fsp3) is 0.138. The Bertz CT molecular complexity index is 1500. The van der Waals surface area contributed by atoms with E-state index < -0.39 is 0 Å². The summed E-state index contributed by atoms with van der Waals surface area (Å²) in [5.74, 6) is -0.174. The maximum atomic E-state index is 13.4. The molecule has 3 aromatic carbocycles. The number of pyridine rings is 1. The van der Waals surface area contributed by atoms with Crippen LogP contribution in [0.3, 0.4) is 0 Å². The molecule has 180 valence electrons. The van der Waals surface area contributed by atoms with Gasteiger partial charge in [-0.25, -0.2) is 0 Å². The van der Waals surface area contributed by atoms with E-state index in [1.54, 1.807) is 18.0 Å². The summed E-state index contributed by atoms with van der Waals surface area (Å²) in [6.45, 7) is 2.15. The molecule has 0 bridgehead atoms. The number of carbonyl (C=O) groups is 1. The molecule has 0 radical (unpaired) electrons. The SMILES string of the molecule is CCCC(Sc1ccccc1C(=O)Nc1cnc2ccccc2c1)c1c(-c2ccccc2)n[nH]c1Cl. The number of H-pyrrole nitrogens is 1. The van der Waals surface area contributed by atoms with Crippen LogP contribution in [0.4, 0.5) is 5.69 Å². The van der Waals surface area contributed by atoms with Crippen molar-refractivity contribution in [2.45, 2.75) is 29.9 Å². The lowest BCUT2D eigenvalue weighted by Crippen LogP contribution is -2.13. The Hall–Kier alpha value is -3.61. The number of hydrogen-bond acceptors (Lipinski definition) is 4. The van der Waals surface area contributed by atoms with Crippen LogP contribution in [0.5, 0.6) is 0 Å². The molecule has 0 spiro atoms. The molecule has 0 aliphatic carbocycles. The molecular weight excluding hydrogens is 488 g/mol. The first-order chi connectivity index (χ1) is 17.6. The van der Waals surface area contributed by atoms with E-state index in [-0.39, 0.29) is 11.2 Å². The number of fused-ring (bicyclic) bond motifs is 1. The second kappa shape index (κ2) is 11.0. The lowest BCUT2D eigenvalue weighted by Gasteiger charge is -2.19. The Kier molecular flexibility index (Phi) is 7.35. The number of thioether (sulfide) groups is 1. The molecule has 1 amide bonds. The van der Waals surface area contributed by atoms with E-state index in [4.69, 9.17) is 11.6 Å². The molecule has 36 heavy (non-hydrogen) atoms. The van der Waals surface area contributed by atoms with E-state index in [1.807, 2.05) is 84.9 Å². The molecule has 7 heteroatoms. The van der Waals surface area contributed by atoms with Crippen LogP contribution >= 0.6 is 23.4 Å². The number of para-hydroxylation sites is 1. The normalized spacial score (nSPS) is 11.9. The first kappa shape index (κ1) is 24.1. The molecule has 5 rings (SSSR count). The molecule has 0 aliphatic rings. The molecule has 0 fully saturated rings. The lowest BCUT2D eigenvalue weighted by atomic mass is 10.0. The minimum Gasteiger partial charge on any atom is -0.321 e. The number of halogens is 1. The molecule has 0 saturated heterocycles. The fourth-order valence-electron chi connectivity index (χ4n) is 4.21. The topological polar surface area (TPSA) is 70.7 Å². The summed E-state index contributed by atoms with van der Waals surface area (Å²) >= 11 is 8.27. The maximum absolute atomic E-state index is 13.4. The Morgan fingerprint density at radius 3 is 2.61 bits per heavy atom. The van der Waals surface area contributed by atoms with Gasteiger partial charge in [0.15, 0.2) is 0 Å². The zero-order chi connectivity index (χ0) is 24.9. The van der Waals surface area contributed by atoms with Crippen LogP contribution < -0.4 is 5.32 Å². The molecule has 5 nitrogen and oxygen atoms in total. The highest BCUT2D eigenvalue weighted by Crippen LogP contribution is 2.45. The zero-order valence-electron chi connectivity index (χ0n) is 19.7. The summed E-state index contributed by atoms with van der Waals surface area (Å²) in [6, 6.07) is 27.5. The monoisotopic (exact) mass is 512 g/mol. The molecule has 2 aromatic heterocycles. The van der Waals surface area contributed by atoms with Gasteiger partial charge in [-0.3, -0.25) is 14.9 Å². The highest BCUT2D eigenvalue weighted by Gasteiger charge is 2.25. The zero-order valence-corrected chi connectivity index (χ0v) is 21.3. The summed E-state index contributed by atoms with van der Waals surface area (Å²) in [5.41, 5.74) is 4.97. The van der Waals surface area contributed by atoms with Crippen LogP contribution in [0.2, 0.25) is 5.15 Å². The van der Waals surface area contributed by atoms with E-state index in [9.17, 15) is 4.79 Å². The van der Waals surface area contributed by atoms with Gasteiger partial charge in [0.25, 0.3) is 5.91 Å². The summed E-state index contributed by atoms with van der Waals surface area (Å²) in [6.07, 6.45) is 3.53. The van der Waals surface area contributed by atoms with Gasteiger partial charge in [-0.15, -0.1) is 11.8 Å². The Labute approximate surface area is 219 Å². The quantitative estimate of drug-likeness (QED) is 0.206. The highest BCUT2D eigenvalue weighted by molar-refractivity contribution is 7.99. The second-order valence-electron chi connectivity index (χ2n) is 8.43. The van der Waals surface area contributed by atoms with Crippen LogP contribution in [0.15, 0.2) is 96.0 Å². The minimum absolute atomic E-state index is 0.0211. The Balaban J connectivity index is 1.44. The van der Waals surface area contributed by atoms with Gasteiger partial charge in [-0.2, -0.15) is 5.10 Å². The van der Waals surface area contributed by atoms with Crippen molar-refractivity contribution in [3.05, 3.63) is 107 Å². The van der Waals surface area contributed by atoms with E-state index in [0.29, 0.717) is 16.4 Å². The molecule has 1 unspecified atom stereocenters. The summed E-state index contributed by atoms with van der Waals surface area (Å²) in [7, 11) is 0. The number of nitrogens with zero attached hydrogens (tertiary/aromatic N) is 2. The first-order valence-corrected chi connectivity index (χ1v) is 13.1. The van der Waals surface area contributed by atoms with Crippen molar-refractivity contribution < 1.29 is 4.79 Å². The number of nitrogens with one attached hydrogen (secondary N) is 2. The van der Waals surface area contributed by atoms with Crippen molar-refractivity contribution in [2.24, 2.45) is 0 Å². The highest BCUT2D eigenvalue weighted by atomic mass is 35.5. The maximum Gasteiger partial charge on any atom is 0.256 e. The Morgan fingerprint density at radius 1 is 1.03 bits per heavy atom. The number of aromatic amines is 1. The van der Waals surface area contributed by atoms with Gasteiger partial charge in [0.05, 0.1) is 28.7 Å². The second-order valence-corrected chi connectivity index (χ2v) is 10.1. The molecule has 1 atom stereocenters. The Morgan fingerprint density at radius 2 is 1.78 bits per heavy atom. The standard InChI is InChI=1S/C29H25ClN4OS/c1-2-10-25(26-27(33-34-28(26)30)19-11-4-3-5-12-19)36-24-16-9-7-14-22(24)29(35)32-21-17-20-13-6-8-15-23(20)31-18-21/h3-9,11-18,25H,2,10H2,1H3,(H,32,35)(H,33,34). The van der Waals surface area contributed by atoms with Gasteiger partial charge in [-0.1, -0.05) is 85.6 Å². The molecule has 2 N–H and O–H groups in total. The van der Waals surface area contributed by atoms with E-state index in [2.05, 4.69) is 27.4 Å². The van der Waals surface area contributed by atoms with Gasteiger partial charge in [0.2, 0.25) is 0 Å². The van der Waals surface area contributed by atoms with Gasteiger partial charge in [0, 0.05) is 26.7 Å². The van der Waals surface area contributed by atoms with Gasteiger partial charge in [-0.05, 0) is 30.7 Å². The van der Waals surface area contributed by atoms with Crippen LogP contribution in [0.25, 0.3) is 22.2 Å². The van der Waals surface area contributed by atoms with Crippen molar-refractivity contribution in [3.8, 4) is 11.3 Å². The number of carbonyl (C=O) groups excluding carboxylic acids is 1. The fourth-order valence-corrected chi connectivity index (χ4v) is 5.99. The number of benzene rings is 3. The van der Waals surface area contributed by atoms with Crippen LogP contribution in [-0.4, -0.2) is 21.1 Å². The third-order valence-electron chi connectivity index (χ3n) is 5.93. The molecule has 0 aliphatic heterocycles. The molecule has 5 aromatic rings. The minimum atomic E-state index is -0.174. The van der Waals surface area contributed by atoms with Gasteiger partial charge in [0.1, 0.15) is 5.15 Å². The average molecular weight is 513 g/mol. The smallest absolute Gasteiger partial charge is 0.256 e. The molecule has 2 heterocycles. The number of rotatable bonds is 8. The van der Waals surface area contributed by atoms with Crippen molar-refractivity contribution in [1.29, 1.82) is 0 Å². The van der Waals surface area contributed by atoms with Crippen molar-refractivity contribution in [3.63, 3.8) is 0 Å². The lowest BCUT2D eigenvalue weighted by molar-refractivity contribution is 0.102. The van der Waals surface area contributed by atoms with Gasteiger partial charge >= 0.3 is 0 Å². The van der Waals surface area contributed by atoms with Crippen molar-refractivity contribution in [1.82, 2.24) is 15.2 Å². The predicted molar refractivity (Wildman–Crippen MR) is 149 cm³/mol. The van der Waals surface area contributed by atoms with Crippen molar-refractivity contribution >= 4 is 45.9 Å². The summed E-state index contributed by atoms with van der Waals surface area (Å²) in [5, 5.41) is 12.0. The number of amides is 1. The van der Waals surface area contributed by atoms with E-state index >= 15 is 0 Å². The molecule has 0 saturated carbocycles. The van der Waals surface area contributed by atoms with Gasteiger partial charge < -0.3 is 5.32 Å². The van der Waals surface area contributed by atoms with E-state index in [1.165, 1.54) is 0 Å². The number of anilines is 1. The average Bonchev–Trinajstić information content (AvgIpc) is 3.30. The largest absolute Gasteiger partial charge is 0.321 e.